The molecule has 18 heavy (non-hydrogen) atoms. The van der Waals surface area contributed by atoms with Gasteiger partial charge in [-0.3, -0.25) is 0 Å². The monoisotopic (exact) mass is 245 g/mol. The minimum Gasteiger partial charge on any atom is -0.490 e. The van der Waals surface area contributed by atoms with E-state index in [4.69, 9.17) is 4.74 Å². The Kier molecular flexibility index (Phi) is 4.82. The summed E-state index contributed by atoms with van der Waals surface area (Å²) in [7, 11) is 0. The predicted octanol–water partition coefficient (Wildman–Crippen LogP) is 3.84. The molecule has 0 spiro atoms. The van der Waals surface area contributed by atoms with E-state index in [0.717, 1.165) is 25.1 Å². The average Bonchev–Trinajstić information content (AvgIpc) is 3.19. The van der Waals surface area contributed by atoms with Crippen LogP contribution in [0.15, 0.2) is 36.9 Å². The molecule has 0 aliphatic heterocycles. The lowest BCUT2D eigenvalue weighted by Crippen LogP contribution is -2.21. The fourth-order valence-electron chi connectivity index (χ4n) is 2.01. The van der Waals surface area contributed by atoms with Crippen molar-refractivity contribution in [2.75, 3.05) is 6.54 Å². The molecule has 1 aromatic rings. The minimum atomic E-state index is 0.352. The van der Waals surface area contributed by atoms with E-state index in [1.807, 2.05) is 12.1 Å². The van der Waals surface area contributed by atoms with Gasteiger partial charge in [0.1, 0.15) is 5.75 Å². The predicted molar refractivity (Wildman–Crippen MR) is 75.9 cm³/mol. The highest BCUT2D eigenvalue weighted by atomic mass is 16.5. The zero-order valence-corrected chi connectivity index (χ0v) is 11.2. The van der Waals surface area contributed by atoms with Crippen LogP contribution in [0.25, 0.3) is 0 Å². The third-order valence-corrected chi connectivity index (χ3v) is 3.13. The number of nitrogens with one attached hydrogen (secondary N) is 1. The van der Waals surface area contributed by atoms with Gasteiger partial charge in [-0.15, -0.1) is 6.58 Å². The molecule has 1 unspecified atom stereocenters. The second kappa shape index (κ2) is 6.60. The molecular weight excluding hydrogens is 222 g/mol. The summed E-state index contributed by atoms with van der Waals surface area (Å²) >= 11 is 0. The molecular formula is C16H23NO. The number of benzene rings is 1. The van der Waals surface area contributed by atoms with Crippen molar-refractivity contribution >= 4 is 0 Å². The lowest BCUT2D eigenvalue weighted by molar-refractivity contribution is 0.302. The summed E-state index contributed by atoms with van der Waals surface area (Å²) in [4.78, 5) is 0. The Morgan fingerprint density at radius 1 is 1.50 bits per heavy atom. The van der Waals surface area contributed by atoms with Gasteiger partial charge in [0.05, 0.1) is 6.10 Å². The molecule has 2 nitrogen and oxygen atoms in total. The van der Waals surface area contributed by atoms with Crippen LogP contribution < -0.4 is 10.1 Å². The van der Waals surface area contributed by atoms with Crippen molar-refractivity contribution in [2.45, 2.75) is 44.8 Å². The molecule has 1 saturated carbocycles. The van der Waals surface area contributed by atoms with Gasteiger partial charge < -0.3 is 10.1 Å². The van der Waals surface area contributed by atoms with Gasteiger partial charge in [0.2, 0.25) is 0 Å². The fraction of sp³-hybridized carbons (Fsp3) is 0.500. The summed E-state index contributed by atoms with van der Waals surface area (Å²) in [6, 6.07) is 8.81. The van der Waals surface area contributed by atoms with Gasteiger partial charge in [0.25, 0.3) is 0 Å². The van der Waals surface area contributed by atoms with Gasteiger partial charge in [-0.1, -0.05) is 25.1 Å². The Hall–Kier alpha value is -1.28. The molecule has 0 bridgehead atoms. The topological polar surface area (TPSA) is 21.3 Å². The van der Waals surface area contributed by atoms with E-state index < -0.39 is 0 Å². The maximum Gasteiger partial charge on any atom is 0.120 e. The number of hydrogen-bond acceptors (Lipinski definition) is 2. The first-order valence-electron chi connectivity index (χ1n) is 6.94. The second-order valence-corrected chi connectivity index (χ2v) is 4.92. The summed E-state index contributed by atoms with van der Waals surface area (Å²) in [5.74, 6) is 1.00. The molecule has 1 aliphatic carbocycles. The molecule has 0 radical (unpaired) electrons. The molecule has 0 heterocycles. The maximum atomic E-state index is 5.85. The van der Waals surface area contributed by atoms with Gasteiger partial charge in [-0.25, -0.2) is 0 Å². The summed E-state index contributed by atoms with van der Waals surface area (Å²) < 4.78 is 5.85. The molecule has 98 valence electrons. The zero-order chi connectivity index (χ0) is 12.8. The van der Waals surface area contributed by atoms with Crippen molar-refractivity contribution < 1.29 is 4.74 Å². The lowest BCUT2D eigenvalue weighted by Gasteiger charge is -2.18. The Morgan fingerprint density at radius 3 is 3.00 bits per heavy atom. The highest BCUT2D eigenvalue weighted by molar-refractivity contribution is 5.31. The van der Waals surface area contributed by atoms with E-state index in [9.17, 15) is 0 Å². The van der Waals surface area contributed by atoms with Crippen LogP contribution >= 0.6 is 0 Å². The zero-order valence-electron chi connectivity index (χ0n) is 11.2. The number of rotatable bonds is 8. The Balaban J connectivity index is 2.04. The molecule has 2 heteroatoms. The van der Waals surface area contributed by atoms with Crippen LogP contribution in [0.5, 0.6) is 5.75 Å². The summed E-state index contributed by atoms with van der Waals surface area (Å²) in [6.45, 7) is 7.06. The van der Waals surface area contributed by atoms with E-state index >= 15 is 0 Å². The van der Waals surface area contributed by atoms with Crippen LogP contribution in [-0.4, -0.2) is 12.6 Å². The Morgan fingerprint density at radius 2 is 2.33 bits per heavy atom. The SMILES string of the molecule is C=CCC(NCCC)c1cccc(OC2CC2)c1. The first kappa shape index (κ1) is 13.2. The molecule has 1 atom stereocenters. The van der Waals surface area contributed by atoms with Crippen LogP contribution in [0.3, 0.4) is 0 Å². The van der Waals surface area contributed by atoms with E-state index in [0.29, 0.717) is 12.1 Å². The van der Waals surface area contributed by atoms with Crippen molar-refractivity contribution in [2.24, 2.45) is 0 Å². The largest absolute Gasteiger partial charge is 0.490 e. The van der Waals surface area contributed by atoms with Crippen molar-refractivity contribution in [1.82, 2.24) is 5.32 Å². The second-order valence-electron chi connectivity index (χ2n) is 4.92. The normalized spacial score (nSPS) is 16.3. The first-order valence-corrected chi connectivity index (χ1v) is 6.94. The molecule has 1 aliphatic rings. The molecule has 1 fully saturated rings. The van der Waals surface area contributed by atoms with Crippen molar-refractivity contribution in [1.29, 1.82) is 0 Å². The van der Waals surface area contributed by atoms with Crippen molar-refractivity contribution in [3.63, 3.8) is 0 Å². The van der Waals surface area contributed by atoms with Crippen molar-refractivity contribution in [3.8, 4) is 5.75 Å². The minimum absolute atomic E-state index is 0.352. The van der Waals surface area contributed by atoms with E-state index in [-0.39, 0.29) is 0 Å². The van der Waals surface area contributed by atoms with E-state index in [1.54, 1.807) is 0 Å². The van der Waals surface area contributed by atoms with Crippen LogP contribution in [0, 0.1) is 0 Å². The van der Waals surface area contributed by atoms with E-state index in [2.05, 4.69) is 37.0 Å². The summed E-state index contributed by atoms with van der Waals surface area (Å²) in [6.07, 6.45) is 6.94. The van der Waals surface area contributed by atoms with Gasteiger partial charge in [-0.2, -0.15) is 0 Å². The fourth-order valence-corrected chi connectivity index (χ4v) is 2.01. The smallest absolute Gasteiger partial charge is 0.120 e. The van der Waals surface area contributed by atoms with Crippen LogP contribution in [0.4, 0.5) is 0 Å². The van der Waals surface area contributed by atoms with Crippen LogP contribution in [0.2, 0.25) is 0 Å². The van der Waals surface area contributed by atoms with Gasteiger partial charge in [-0.05, 0) is 49.9 Å². The third kappa shape index (κ3) is 3.88. The average molecular weight is 245 g/mol. The molecule has 0 amide bonds. The van der Waals surface area contributed by atoms with Crippen LogP contribution in [0.1, 0.15) is 44.2 Å². The third-order valence-electron chi connectivity index (χ3n) is 3.13. The quantitative estimate of drug-likeness (QED) is 0.702. The molecule has 0 saturated heterocycles. The molecule has 0 aromatic heterocycles. The Labute approximate surface area is 110 Å². The molecule has 1 aromatic carbocycles. The molecule has 2 rings (SSSR count). The van der Waals surface area contributed by atoms with Gasteiger partial charge in [0.15, 0.2) is 0 Å². The van der Waals surface area contributed by atoms with Crippen molar-refractivity contribution in [3.05, 3.63) is 42.5 Å². The highest BCUT2D eigenvalue weighted by Gasteiger charge is 2.23. The lowest BCUT2D eigenvalue weighted by atomic mass is 10.0. The standard InChI is InChI=1S/C16H23NO/c1-3-6-16(17-11-4-2)13-7-5-8-15(12-13)18-14-9-10-14/h3,5,7-8,12,14,16-17H,1,4,6,9-11H2,2H3. The number of ether oxygens (including phenoxy) is 1. The van der Waals surface area contributed by atoms with Gasteiger partial charge in [0, 0.05) is 6.04 Å². The first-order chi connectivity index (χ1) is 8.83. The van der Waals surface area contributed by atoms with E-state index in [1.165, 1.54) is 18.4 Å². The Bertz CT molecular complexity index is 384. The van der Waals surface area contributed by atoms with Gasteiger partial charge >= 0.3 is 0 Å². The summed E-state index contributed by atoms with van der Waals surface area (Å²) in [5.41, 5.74) is 1.29. The van der Waals surface area contributed by atoms with Crippen LogP contribution in [-0.2, 0) is 0 Å². The maximum absolute atomic E-state index is 5.85. The highest BCUT2D eigenvalue weighted by Crippen LogP contribution is 2.29. The number of hydrogen-bond donors (Lipinski definition) is 1. The molecule has 1 N–H and O–H groups in total. The summed E-state index contributed by atoms with van der Waals surface area (Å²) in [5, 5.41) is 3.56.